The molecule has 2 N–H and O–H groups in total. The fourth-order valence-electron chi connectivity index (χ4n) is 1.72. The molecule has 6 heteroatoms. The summed E-state index contributed by atoms with van der Waals surface area (Å²) >= 11 is 0. The first-order valence-electron chi connectivity index (χ1n) is 5.75. The summed E-state index contributed by atoms with van der Waals surface area (Å²) in [5.74, 6) is -1.24. The normalized spacial score (nSPS) is 11.4. The van der Waals surface area contributed by atoms with Crippen LogP contribution in [-0.4, -0.2) is 5.11 Å². The first-order chi connectivity index (χ1) is 9.36. The maximum Gasteiger partial charge on any atom is 0.419 e. The third-order valence-electron chi connectivity index (χ3n) is 2.68. The summed E-state index contributed by atoms with van der Waals surface area (Å²) in [5.41, 5.74) is -0.455. The zero-order chi connectivity index (χ0) is 14.8. The molecule has 0 saturated carbocycles. The molecule has 2 nitrogen and oxygen atoms in total. The SMILES string of the molecule is Oc1cccc(CNc2ccc(F)c(C(F)(F)F)c2)c1. The van der Waals surface area contributed by atoms with Crippen molar-refractivity contribution in [2.45, 2.75) is 12.7 Å². The van der Waals surface area contributed by atoms with Gasteiger partial charge in [0.15, 0.2) is 0 Å². The van der Waals surface area contributed by atoms with E-state index in [1.54, 1.807) is 12.1 Å². The minimum Gasteiger partial charge on any atom is -0.508 e. The van der Waals surface area contributed by atoms with E-state index in [1.165, 1.54) is 18.2 Å². The van der Waals surface area contributed by atoms with Gasteiger partial charge in [-0.25, -0.2) is 4.39 Å². The van der Waals surface area contributed by atoms with Crippen molar-refractivity contribution in [2.24, 2.45) is 0 Å². The number of aromatic hydroxyl groups is 1. The van der Waals surface area contributed by atoms with Gasteiger partial charge in [-0.3, -0.25) is 0 Å². The van der Waals surface area contributed by atoms with Gasteiger partial charge in [0.2, 0.25) is 0 Å². The maximum atomic E-state index is 13.1. The van der Waals surface area contributed by atoms with Crippen LogP contribution in [0.25, 0.3) is 0 Å². The molecule has 0 aliphatic heterocycles. The van der Waals surface area contributed by atoms with Crippen LogP contribution in [0.4, 0.5) is 23.2 Å². The Morgan fingerprint density at radius 1 is 1.05 bits per heavy atom. The smallest absolute Gasteiger partial charge is 0.419 e. The first kappa shape index (κ1) is 14.2. The van der Waals surface area contributed by atoms with Crippen LogP contribution in [0.5, 0.6) is 5.75 Å². The molecule has 0 spiro atoms. The number of anilines is 1. The number of alkyl halides is 3. The van der Waals surface area contributed by atoms with Gasteiger partial charge in [-0.05, 0) is 35.9 Å². The first-order valence-corrected chi connectivity index (χ1v) is 5.75. The molecule has 2 aromatic carbocycles. The monoisotopic (exact) mass is 285 g/mol. The van der Waals surface area contributed by atoms with E-state index in [-0.39, 0.29) is 18.0 Å². The lowest BCUT2D eigenvalue weighted by Crippen LogP contribution is -2.09. The van der Waals surface area contributed by atoms with E-state index in [0.29, 0.717) is 5.56 Å². The number of nitrogens with one attached hydrogen (secondary N) is 1. The molecule has 0 unspecified atom stereocenters. The van der Waals surface area contributed by atoms with Crippen LogP contribution in [-0.2, 0) is 12.7 Å². The van der Waals surface area contributed by atoms with Crippen molar-refractivity contribution in [1.82, 2.24) is 0 Å². The second kappa shape index (κ2) is 5.40. The average Bonchev–Trinajstić information content (AvgIpc) is 2.36. The molecule has 0 amide bonds. The van der Waals surface area contributed by atoms with Crippen LogP contribution >= 0.6 is 0 Å². The van der Waals surface area contributed by atoms with Crippen molar-refractivity contribution in [3.63, 3.8) is 0 Å². The molecule has 0 aromatic heterocycles. The van der Waals surface area contributed by atoms with Crippen molar-refractivity contribution < 1.29 is 22.7 Å². The Hall–Kier alpha value is -2.24. The molecule has 20 heavy (non-hydrogen) atoms. The number of halogens is 4. The third-order valence-corrected chi connectivity index (χ3v) is 2.68. The van der Waals surface area contributed by atoms with E-state index >= 15 is 0 Å². The highest BCUT2D eigenvalue weighted by Gasteiger charge is 2.34. The van der Waals surface area contributed by atoms with Crippen LogP contribution in [0.3, 0.4) is 0 Å². The Bertz CT molecular complexity index is 610. The van der Waals surface area contributed by atoms with Crippen LogP contribution in [0.1, 0.15) is 11.1 Å². The highest BCUT2D eigenvalue weighted by molar-refractivity contribution is 5.47. The number of benzene rings is 2. The van der Waals surface area contributed by atoms with E-state index < -0.39 is 17.6 Å². The average molecular weight is 285 g/mol. The van der Waals surface area contributed by atoms with E-state index in [1.807, 2.05) is 0 Å². The summed E-state index contributed by atoms with van der Waals surface area (Å²) in [6, 6.07) is 9.03. The number of phenolic OH excluding ortho intramolecular Hbond substituents is 1. The Kier molecular flexibility index (Phi) is 3.83. The van der Waals surface area contributed by atoms with Crippen molar-refractivity contribution in [3.8, 4) is 5.75 Å². The lowest BCUT2D eigenvalue weighted by Gasteiger charge is -2.11. The van der Waals surface area contributed by atoms with E-state index in [9.17, 15) is 22.7 Å². The van der Waals surface area contributed by atoms with Crippen molar-refractivity contribution in [1.29, 1.82) is 0 Å². The van der Waals surface area contributed by atoms with Gasteiger partial charge in [0, 0.05) is 12.2 Å². The zero-order valence-corrected chi connectivity index (χ0v) is 10.2. The standard InChI is InChI=1S/C14H11F4NO/c15-13-5-4-10(7-12(13)14(16,17)18)19-8-9-2-1-3-11(20)6-9/h1-7,19-20H,8H2. The Labute approximate surface area is 112 Å². The summed E-state index contributed by atoms with van der Waals surface area (Å²) < 4.78 is 50.7. The highest BCUT2D eigenvalue weighted by Crippen LogP contribution is 2.33. The summed E-state index contributed by atoms with van der Waals surface area (Å²) in [4.78, 5) is 0. The minimum absolute atomic E-state index is 0.0689. The fraction of sp³-hybridized carbons (Fsp3) is 0.143. The Morgan fingerprint density at radius 2 is 1.80 bits per heavy atom. The predicted molar refractivity (Wildman–Crippen MR) is 66.8 cm³/mol. The second-order valence-electron chi connectivity index (χ2n) is 4.22. The lowest BCUT2D eigenvalue weighted by molar-refractivity contribution is -0.139. The zero-order valence-electron chi connectivity index (χ0n) is 10.2. The van der Waals surface area contributed by atoms with Crippen molar-refractivity contribution >= 4 is 5.69 Å². The van der Waals surface area contributed by atoms with E-state index in [4.69, 9.17) is 0 Å². The van der Waals surface area contributed by atoms with Crippen LogP contribution in [0.15, 0.2) is 42.5 Å². The minimum atomic E-state index is -4.73. The van der Waals surface area contributed by atoms with Crippen LogP contribution in [0.2, 0.25) is 0 Å². The van der Waals surface area contributed by atoms with Gasteiger partial charge in [-0.2, -0.15) is 13.2 Å². The topological polar surface area (TPSA) is 32.3 Å². The number of rotatable bonds is 3. The van der Waals surface area contributed by atoms with E-state index in [2.05, 4.69) is 5.32 Å². The lowest BCUT2D eigenvalue weighted by atomic mass is 10.1. The van der Waals surface area contributed by atoms with Crippen molar-refractivity contribution in [2.75, 3.05) is 5.32 Å². The summed E-state index contributed by atoms with van der Waals surface area (Å²) in [6.07, 6.45) is -4.73. The van der Waals surface area contributed by atoms with Crippen molar-refractivity contribution in [3.05, 3.63) is 59.4 Å². The number of phenols is 1. The van der Waals surface area contributed by atoms with Crippen LogP contribution in [0, 0.1) is 5.82 Å². The maximum absolute atomic E-state index is 13.1. The summed E-state index contributed by atoms with van der Waals surface area (Å²) in [6.45, 7) is 0.220. The quantitative estimate of drug-likeness (QED) is 0.830. The molecule has 0 aliphatic rings. The molecule has 0 aliphatic carbocycles. The Morgan fingerprint density at radius 3 is 2.45 bits per heavy atom. The highest BCUT2D eigenvalue weighted by atomic mass is 19.4. The number of hydrogen-bond donors (Lipinski definition) is 2. The molecule has 0 heterocycles. The molecule has 2 aromatic rings. The van der Waals surface area contributed by atoms with Gasteiger partial charge in [0.25, 0.3) is 0 Å². The molecule has 0 fully saturated rings. The molecule has 0 bridgehead atoms. The van der Waals surface area contributed by atoms with E-state index in [0.717, 1.165) is 12.1 Å². The van der Waals surface area contributed by atoms with Gasteiger partial charge < -0.3 is 10.4 Å². The van der Waals surface area contributed by atoms with Gasteiger partial charge in [0.05, 0.1) is 5.56 Å². The third kappa shape index (κ3) is 3.40. The molecule has 0 saturated heterocycles. The Balaban J connectivity index is 2.14. The van der Waals surface area contributed by atoms with Gasteiger partial charge in [-0.15, -0.1) is 0 Å². The molecule has 106 valence electrons. The molecular formula is C14H11F4NO. The van der Waals surface area contributed by atoms with Gasteiger partial charge in [0.1, 0.15) is 11.6 Å². The predicted octanol–water partition coefficient (Wildman–Crippen LogP) is 4.16. The largest absolute Gasteiger partial charge is 0.508 e. The molecule has 0 atom stereocenters. The van der Waals surface area contributed by atoms with Gasteiger partial charge >= 0.3 is 6.18 Å². The van der Waals surface area contributed by atoms with Gasteiger partial charge in [-0.1, -0.05) is 12.1 Å². The fourth-order valence-corrected chi connectivity index (χ4v) is 1.72. The summed E-state index contributed by atoms with van der Waals surface area (Å²) in [5, 5.41) is 12.0. The number of hydrogen-bond acceptors (Lipinski definition) is 2. The molecule has 0 radical (unpaired) electrons. The molecule has 2 rings (SSSR count). The van der Waals surface area contributed by atoms with Crippen LogP contribution < -0.4 is 5.32 Å². The summed E-state index contributed by atoms with van der Waals surface area (Å²) in [7, 11) is 0. The molecular weight excluding hydrogens is 274 g/mol. The second-order valence-corrected chi connectivity index (χ2v) is 4.22.